The number of hydrogen-bond donors (Lipinski definition) is 1. The zero-order valence-electron chi connectivity index (χ0n) is 21.4. The van der Waals surface area contributed by atoms with Gasteiger partial charge in [-0.15, -0.1) is 10.2 Å². The summed E-state index contributed by atoms with van der Waals surface area (Å²) in [5.74, 6) is -1.65. The molecule has 0 saturated carbocycles. The number of aliphatic hydroxyl groups excluding tert-OH is 1. The first-order valence-electron chi connectivity index (χ1n) is 12.3. The summed E-state index contributed by atoms with van der Waals surface area (Å²) in [7, 11) is 0. The number of ketones is 1. The van der Waals surface area contributed by atoms with Crippen molar-refractivity contribution in [3.8, 4) is 5.75 Å². The summed E-state index contributed by atoms with van der Waals surface area (Å²) in [5, 5.41) is 20.5. The second kappa shape index (κ2) is 11.8. The molecule has 5 rings (SSSR count). The number of carbonyl (C=O) groups is 2. The molecule has 11 heteroatoms. The highest BCUT2D eigenvalue weighted by atomic mass is 35.5. The number of carbonyl (C=O) groups excluding carboxylic acids is 2. The highest BCUT2D eigenvalue weighted by Gasteiger charge is 2.48. The summed E-state index contributed by atoms with van der Waals surface area (Å²) < 4.78 is 20.5. The fraction of sp³-hybridized carbons (Fsp3) is 0.172. The molecule has 1 aliphatic heterocycles. The van der Waals surface area contributed by atoms with Gasteiger partial charge in [0.2, 0.25) is 5.13 Å². The lowest BCUT2D eigenvalue weighted by Gasteiger charge is -2.22. The maximum absolute atomic E-state index is 14.4. The lowest BCUT2D eigenvalue weighted by molar-refractivity contribution is -0.132. The number of Topliss-reactive ketones (excluding diaryl/α,β-unsaturated/α-hetero) is 1. The number of aryl methyl sites for hydroxylation is 1. The number of ether oxygens (including phenoxy) is 1. The molecule has 4 aromatic rings. The first-order valence-corrected chi connectivity index (χ1v) is 14.5. The summed E-state index contributed by atoms with van der Waals surface area (Å²) in [6, 6.07) is 17.4. The first-order chi connectivity index (χ1) is 19.3. The molecule has 1 amide bonds. The average Bonchev–Trinajstić information content (AvgIpc) is 3.52. The zero-order chi connectivity index (χ0) is 28.4. The van der Waals surface area contributed by atoms with Crippen LogP contribution in [0.2, 0.25) is 5.02 Å². The molecule has 3 aromatic carbocycles. The molecule has 0 aliphatic carbocycles. The number of hydrogen-bond acceptors (Lipinski definition) is 8. The van der Waals surface area contributed by atoms with Crippen molar-refractivity contribution in [3.05, 3.63) is 105 Å². The predicted molar refractivity (Wildman–Crippen MR) is 154 cm³/mol. The van der Waals surface area contributed by atoms with E-state index in [9.17, 15) is 19.1 Å². The summed E-state index contributed by atoms with van der Waals surface area (Å²) in [6.07, 6.45) is 0. The van der Waals surface area contributed by atoms with Crippen LogP contribution in [0.3, 0.4) is 0 Å². The van der Waals surface area contributed by atoms with Crippen molar-refractivity contribution in [2.24, 2.45) is 0 Å². The third-order valence-corrected chi connectivity index (χ3v) is 8.78. The number of benzene rings is 3. The predicted octanol–water partition coefficient (Wildman–Crippen LogP) is 6.96. The van der Waals surface area contributed by atoms with Gasteiger partial charge >= 0.3 is 5.91 Å². The molecule has 1 N–H and O–H groups in total. The molecule has 0 spiro atoms. The number of nitrogens with zero attached hydrogens (tertiary/aromatic N) is 3. The minimum absolute atomic E-state index is 0.0882. The Morgan fingerprint density at radius 2 is 1.88 bits per heavy atom. The van der Waals surface area contributed by atoms with Crippen LogP contribution in [-0.4, -0.2) is 33.6 Å². The molecule has 0 bridgehead atoms. The standard InChI is InChI=1S/C29H23ClFN3O4S2/c1-3-38-20-12-10-17(11-13-20)24-23(25(35)18-9-8-16(2)22(31)14-18)26(36)27(37)34(24)28-32-33-29(40-28)39-15-19-6-4-5-7-21(19)30/h4-14,24,35H,3,15H2,1-2H3/b25-23-. The van der Waals surface area contributed by atoms with Crippen LogP contribution in [-0.2, 0) is 15.3 Å². The van der Waals surface area contributed by atoms with Gasteiger partial charge in [0, 0.05) is 16.3 Å². The minimum Gasteiger partial charge on any atom is -0.507 e. The molecule has 204 valence electrons. The lowest BCUT2D eigenvalue weighted by Crippen LogP contribution is -2.29. The van der Waals surface area contributed by atoms with Crippen LogP contribution in [0.4, 0.5) is 9.52 Å². The number of halogens is 2. The monoisotopic (exact) mass is 595 g/mol. The van der Waals surface area contributed by atoms with Crippen LogP contribution in [0.5, 0.6) is 5.75 Å². The van der Waals surface area contributed by atoms with Crippen molar-refractivity contribution in [2.45, 2.75) is 30.0 Å². The summed E-state index contributed by atoms with van der Waals surface area (Å²) in [5.41, 5.74) is 1.77. The molecular weight excluding hydrogens is 573 g/mol. The molecule has 1 saturated heterocycles. The normalized spacial score (nSPS) is 16.5. The number of thioether (sulfide) groups is 1. The maximum atomic E-state index is 14.4. The quantitative estimate of drug-likeness (QED) is 0.0774. The molecule has 1 unspecified atom stereocenters. The van der Waals surface area contributed by atoms with Crippen molar-refractivity contribution in [1.29, 1.82) is 0 Å². The first kappa shape index (κ1) is 27.8. The van der Waals surface area contributed by atoms with E-state index in [0.717, 1.165) is 23.0 Å². The van der Waals surface area contributed by atoms with Crippen LogP contribution < -0.4 is 9.64 Å². The summed E-state index contributed by atoms with van der Waals surface area (Å²) in [4.78, 5) is 28.0. The largest absolute Gasteiger partial charge is 0.507 e. The molecule has 2 heterocycles. The Morgan fingerprint density at radius 1 is 1.12 bits per heavy atom. The fourth-order valence-corrected chi connectivity index (χ4v) is 6.42. The van der Waals surface area contributed by atoms with E-state index in [0.29, 0.717) is 38.6 Å². The molecular formula is C29H23ClFN3O4S2. The number of amides is 1. The average molecular weight is 596 g/mol. The van der Waals surface area contributed by atoms with E-state index in [2.05, 4.69) is 10.2 Å². The van der Waals surface area contributed by atoms with Crippen LogP contribution in [0.1, 0.15) is 35.2 Å². The Kier molecular flexibility index (Phi) is 8.20. The van der Waals surface area contributed by atoms with E-state index < -0.39 is 29.3 Å². The Bertz CT molecular complexity index is 1620. The molecule has 1 aliphatic rings. The van der Waals surface area contributed by atoms with Crippen LogP contribution in [0.25, 0.3) is 5.76 Å². The summed E-state index contributed by atoms with van der Waals surface area (Å²) >= 11 is 8.81. The van der Waals surface area contributed by atoms with Crippen LogP contribution in [0.15, 0.2) is 76.6 Å². The van der Waals surface area contributed by atoms with E-state index in [1.165, 1.54) is 28.8 Å². The van der Waals surface area contributed by atoms with Gasteiger partial charge in [0.1, 0.15) is 17.3 Å². The van der Waals surface area contributed by atoms with E-state index in [-0.39, 0.29) is 16.3 Å². The van der Waals surface area contributed by atoms with E-state index in [4.69, 9.17) is 16.3 Å². The van der Waals surface area contributed by atoms with Gasteiger partial charge in [-0.25, -0.2) is 4.39 Å². The van der Waals surface area contributed by atoms with Crippen molar-refractivity contribution < 1.29 is 23.8 Å². The topological polar surface area (TPSA) is 92.6 Å². The second-order valence-corrected chi connectivity index (χ2v) is 11.5. The van der Waals surface area contributed by atoms with E-state index in [1.54, 1.807) is 37.3 Å². The van der Waals surface area contributed by atoms with Crippen LogP contribution >= 0.6 is 34.7 Å². The third-order valence-electron chi connectivity index (χ3n) is 6.31. The van der Waals surface area contributed by atoms with Gasteiger partial charge in [0.05, 0.1) is 18.2 Å². The van der Waals surface area contributed by atoms with Crippen LogP contribution in [0, 0.1) is 12.7 Å². The molecule has 1 fully saturated rings. The SMILES string of the molecule is CCOc1ccc(C2/C(=C(/O)c3ccc(C)c(F)c3)C(=O)C(=O)N2c2nnc(SCc3ccccc3Cl)s2)cc1. The smallest absolute Gasteiger partial charge is 0.301 e. The summed E-state index contributed by atoms with van der Waals surface area (Å²) in [6.45, 7) is 3.92. The zero-order valence-corrected chi connectivity index (χ0v) is 23.8. The number of aliphatic hydroxyl groups is 1. The van der Waals surface area contributed by atoms with Gasteiger partial charge in [0.25, 0.3) is 5.78 Å². The Morgan fingerprint density at radius 3 is 2.58 bits per heavy atom. The number of aromatic nitrogens is 2. The van der Waals surface area contributed by atoms with E-state index in [1.807, 2.05) is 25.1 Å². The third kappa shape index (κ3) is 5.47. The number of rotatable bonds is 8. The van der Waals surface area contributed by atoms with Gasteiger partial charge in [0.15, 0.2) is 4.34 Å². The van der Waals surface area contributed by atoms with Gasteiger partial charge in [-0.1, -0.05) is 77.2 Å². The van der Waals surface area contributed by atoms with Crippen molar-refractivity contribution in [2.75, 3.05) is 11.5 Å². The molecule has 7 nitrogen and oxygen atoms in total. The fourth-order valence-electron chi connectivity index (χ4n) is 4.27. The minimum atomic E-state index is -1.02. The Hall–Kier alpha value is -3.73. The molecule has 1 atom stereocenters. The highest BCUT2D eigenvalue weighted by Crippen LogP contribution is 2.44. The van der Waals surface area contributed by atoms with E-state index >= 15 is 0 Å². The molecule has 1 aromatic heterocycles. The Labute approximate surface area is 243 Å². The van der Waals surface area contributed by atoms with Crippen molar-refractivity contribution >= 4 is 57.3 Å². The molecule has 0 radical (unpaired) electrons. The molecule has 40 heavy (non-hydrogen) atoms. The Balaban J connectivity index is 1.55. The van der Waals surface area contributed by atoms with Crippen molar-refractivity contribution in [1.82, 2.24) is 10.2 Å². The van der Waals surface area contributed by atoms with Gasteiger partial charge in [-0.2, -0.15) is 0 Å². The van der Waals surface area contributed by atoms with Gasteiger partial charge < -0.3 is 9.84 Å². The maximum Gasteiger partial charge on any atom is 0.301 e. The second-order valence-electron chi connectivity index (χ2n) is 8.87. The highest BCUT2D eigenvalue weighted by molar-refractivity contribution is 8.00. The van der Waals surface area contributed by atoms with Gasteiger partial charge in [-0.05, 0) is 54.8 Å². The van der Waals surface area contributed by atoms with Gasteiger partial charge in [-0.3, -0.25) is 14.5 Å². The number of anilines is 1. The lowest BCUT2D eigenvalue weighted by atomic mass is 9.95. The van der Waals surface area contributed by atoms with Crippen molar-refractivity contribution in [3.63, 3.8) is 0 Å².